The van der Waals surface area contributed by atoms with Crippen LogP contribution in [0.2, 0.25) is 5.02 Å². The van der Waals surface area contributed by atoms with Gasteiger partial charge >= 0.3 is 0 Å². The van der Waals surface area contributed by atoms with Gasteiger partial charge in [-0.1, -0.05) is 43.0 Å². The molecule has 1 aromatic carbocycles. The van der Waals surface area contributed by atoms with E-state index in [1.165, 1.54) is 19.3 Å². The minimum Gasteiger partial charge on any atom is -0.342 e. The van der Waals surface area contributed by atoms with Gasteiger partial charge in [0.1, 0.15) is 0 Å². The number of nitrogens with zero attached hydrogens (tertiary/aromatic N) is 2. The summed E-state index contributed by atoms with van der Waals surface area (Å²) in [5.41, 5.74) is 0.585. The molecule has 2 aliphatic heterocycles. The van der Waals surface area contributed by atoms with Gasteiger partial charge in [0, 0.05) is 31.3 Å². The number of rotatable bonds is 2. The lowest BCUT2D eigenvalue weighted by Crippen LogP contribution is -2.54. The molecule has 27 heavy (non-hydrogen) atoms. The maximum Gasteiger partial charge on any atom is 0.256 e. The molecule has 4 nitrogen and oxygen atoms in total. The summed E-state index contributed by atoms with van der Waals surface area (Å²) in [5, 5.41) is 0.513. The first-order valence-corrected chi connectivity index (χ1v) is 11.5. The number of carbonyl (C=O) groups is 2. The summed E-state index contributed by atoms with van der Waals surface area (Å²) in [7, 11) is 0. The van der Waals surface area contributed by atoms with Crippen molar-refractivity contribution in [1.82, 2.24) is 9.80 Å². The molecule has 2 amide bonds. The molecule has 1 saturated carbocycles. The smallest absolute Gasteiger partial charge is 0.256 e. The molecule has 3 aliphatic rings. The number of piperidine rings is 1. The molecule has 1 aliphatic carbocycles. The molecular weight excluding hydrogens is 380 g/mol. The van der Waals surface area contributed by atoms with Crippen molar-refractivity contribution in [1.29, 1.82) is 0 Å². The highest BCUT2D eigenvalue weighted by atomic mass is 35.5. The molecule has 1 aromatic rings. The second kappa shape index (κ2) is 8.04. The Morgan fingerprint density at radius 1 is 1.04 bits per heavy atom. The Hall–Kier alpha value is -1.20. The summed E-state index contributed by atoms with van der Waals surface area (Å²) in [5.74, 6) is 1.55. The van der Waals surface area contributed by atoms with Crippen molar-refractivity contribution in [3.63, 3.8) is 0 Å². The largest absolute Gasteiger partial charge is 0.342 e. The van der Waals surface area contributed by atoms with Gasteiger partial charge in [-0.3, -0.25) is 9.59 Å². The van der Waals surface area contributed by atoms with Gasteiger partial charge < -0.3 is 9.80 Å². The van der Waals surface area contributed by atoms with Crippen LogP contribution in [0.5, 0.6) is 0 Å². The lowest BCUT2D eigenvalue weighted by atomic mass is 9.87. The molecule has 6 heteroatoms. The number of hydrogen-bond donors (Lipinski definition) is 0. The van der Waals surface area contributed by atoms with Crippen molar-refractivity contribution in [3.8, 4) is 0 Å². The molecule has 146 valence electrons. The molecule has 0 unspecified atom stereocenters. The van der Waals surface area contributed by atoms with E-state index in [2.05, 4.69) is 4.90 Å². The second-order valence-corrected chi connectivity index (χ2v) is 9.76. The van der Waals surface area contributed by atoms with Gasteiger partial charge in [-0.25, -0.2) is 0 Å². The lowest BCUT2D eigenvalue weighted by Gasteiger charge is -2.45. The molecular formula is C21H27ClN2O2S. The van der Waals surface area contributed by atoms with Crippen LogP contribution in [0, 0.1) is 5.92 Å². The Bertz CT molecular complexity index is 712. The Balaban J connectivity index is 1.44. The predicted octanol–water partition coefficient (Wildman–Crippen LogP) is 4.43. The Labute approximate surface area is 170 Å². The van der Waals surface area contributed by atoms with Crippen molar-refractivity contribution >= 4 is 35.2 Å². The zero-order chi connectivity index (χ0) is 18.9. The summed E-state index contributed by atoms with van der Waals surface area (Å²) in [6, 6.07) is 7.29. The van der Waals surface area contributed by atoms with E-state index < -0.39 is 0 Å². The Morgan fingerprint density at radius 2 is 1.74 bits per heavy atom. The summed E-state index contributed by atoms with van der Waals surface area (Å²) in [4.78, 5) is 29.9. The van der Waals surface area contributed by atoms with Crippen molar-refractivity contribution < 1.29 is 9.59 Å². The van der Waals surface area contributed by atoms with Crippen LogP contribution in [0.3, 0.4) is 0 Å². The number of halogens is 1. The van der Waals surface area contributed by atoms with Gasteiger partial charge in [-0.15, -0.1) is 11.8 Å². The van der Waals surface area contributed by atoms with E-state index in [-0.39, 0.29) is 16.7 Å². The third kappa shape index (κ3) is 3.73. The van der Waals surface area contributed by atoms with E-state index in [1.807, 2.05) is 34.9 Å². The first kappa shape index (κ1) is 19.1. The highest BCUT2D eigenvalue weighted by molar-refractivity contribution is 8.00. The number of amides is 2. The molecule has 0 bridgehead atoms. The third-order valence-corrected chi connectivity index (χ3v) is 8.22. The van der Waals surface area contributed by atoms with E-state index in [4.69, 9.17) is 11.6 Å². The average Bonchev–Trinajstić information content (AvgIpc) is 3.11. The summed E-state index contributed by atoms with van der Waals surface area (Å²) >= 11 is 8.14. The van der Waals surface area contributed by atoms with Crippen molar-refractivity contribution in [2.45, 2.75) is 49.8 Å². The van der Waals surface area contributed by atoms with E-state index in [9.17, 15) is 9.59 Å². The molecule has 2 heterocycles. The van der Waals surface area contributed by atoms with E-state index in [1.54, 1.807) is 6.07 Å². The Morgan fingerprint density at radius 3 is 2.44 bits per heavy atom. The molecule has 0 atom stereocenters. The molecule has 2 saturated heterocycles. The molecule has 4 rings (SSSR count). The van der Waals surface area contributed by atoms with Crippen LogP contribution in [0.25, 0.3) is 0 Å². The second-order valence-electron chi connectivity index (χ2n) is 7.89. The molecule has 0 aromatic heterocycles. The van der Waals surface area contributed by atoms with Gasteiger partial charge in [-0.2, -0.15) is 0 Å². The van der Waals surface area contributed by atoms with Crippen LogP contribution in [0.15, 0.2) is 24.3 Å². The maximum absolute atomic E-state index is 13.2. The number of benzene rings is 1. The normalized spacial score (nSPS) is 23.0. The first-order chi connectivity index (χ1) is 13.1. The topological polar surface area (TPSA) is 40.6 Å². The quantitative estimate of drug-likeness (QED) is 0.729. The van der Waals surface area contributed by atoms with Crippen LogP contribution in [0.1, 0.15) is 55.3 Å². The first-order valence-electron chi connectivity index (χ1n) is 10.1. The van der Waals surface area contributed by atoms with Gasteiger partial charge in [0.05, 0.1) is 15.5 Å². The fourth-order valence-electron chi connectivity index (χ4n) is 4.77. The third-order valence-electron chi connectivity index (χ3n) is 6.34. The number of thioether (sulfide) groups is 1. The molecule has 0 radical (unpaired) electrons. The van der Waals surface area contributed by atoms with Crippen LogP contribution in [0.4, 0.5) is 0 Å². The van der Waals surface area contributed by atoms with Crippen molar-refractivity contribution in [2.75, 3.05) is 25.4 Å². The fourth-order valence-corrected chi connectivity index (χ4v) is 6.45. The van der Waals surface area contributed by atoms with Gasteiger partial charge in [0.15, 0.2) is 0 Å². The zero-order valence-electron chi connectivity index (χ0n) is 15.7. The standard InChI is InChI=1S/C21H27ClN2O2S/c22-18-9-5-4-8-17(18)20(26)24-14-15-27-21(24)10-12-23(13-11-21)19(25)16-6-2-1-3-7-16/h4-5,8-9,16H,1-3,6-7,10-15H2. The highest BCUT2D eigenvalue weighted by Crippen LogP contribution is 2.45. The average molecular weight is 407 g/mol. The van der Waals surface area contributed by atoms with Gasteiger partial charge in [0.2, 0.25) is 5.91 Å². The highest BCUT2D eigenvalue weighted by Gasteiger charge is 2.47. The monoisotopic (exact) mass is 406 g/mol. The molecule has 1 spiro atoms. The van der Waals surface area contributed by atoms with E-state index >= 15 is 0 Å². The predicted molar refractivity (Wildman–Crippen MR) is 110 cm³/mol. The number of hydrogen-bond acceptors (Lipinski definition) is 3. The van der Waals surface area contributed by atoms with Crippen LogP contribution in [-0.4, -0.2) is 51.9 Å². The number of likely N-dealkylation sites (tertiary alicyclic amines) is 1. The summed E-state index contributed by atoms with van der Waals surface area (Å²) in [6.07, 6.45) is 7.44. The van der Waals surface area contributed by atoms with Crippen LogP contribution in [-0.2, 0) is 4.79 Å². The summed E-state index contributed by atoms with van der Waals surface area (Å²) in [6.45, 7) is 2.27. The van der Waals surface area contributed by atoms with Crippen LogP contribution >= 0.6 is 23.4 Å². The summed E-state index contributed by atoms with van der Waals surface area (Å²) < 4.78 is 0. The van der Waals surface area contributed by atoms with Gasteiger partial charge in [-0.05, 0) is 37.8 Å². The SMILES string of the molecule is O=C(C1CCCCC1)N1CCC2(CC1)SCCN2C(=O)c1ccccc1Cl. The Kier molecular flexibility index (Phi) is 5.70. The van der Waals surface area contributed by atoms with E-state index in [0.29, 0.717) is 16.5 Å². The fraction of sp³-hybridized carbons (Fsp3) is 0.619. The number of carbonyl (C=O) groups excluding carboxylic acids is 2. The minimum absolute atomic E-state index is 0.0256. The van der Waals surface area contributed by atoms with E-state index in [0.717, 1.165) is 51.1 Å². The maximum atomic E-state index is 13.2. The lowest BCUT2D eigenvalue weighted by molar-refractivity contribution is -0.138. The van der Waals surface area contributed by atoms with Crippen molar-refractivity contribution in [3.05, 3.63) is 34.9 Å². The minimum atomic E-state index is -0.181. The van der Waals surface area contributed by atoms with Gasteiger partial charge in [0.25, 0.3) is 5.91 Å². The molecule has 3 fully saturated rings. The molecule has 0 N–H and O–H groups in total. The zero-order valence-corrected chi connectivity index (χ0v) is 17.2. The van der Waals surface area contributed by atoms with Crippen LogP contribution < -0.4 is 0 Å². The van der Waals surface area contributed by atoms with Crippen molar-refractivity contribution in [2.24, 2.45) is 5.92 Å².